The fraction of sp³-hybridized carbons (Fsp3) is 0.300. The Hall–Kier alpha value is -5.86. The number of aliphatic imine (C=N–C) groups is 1. The first-order valence-corrected chi connectivity index (χ1v) is 23.3. The molecule has 0 amide bonds. The van der Waals surface area contributed by atoms with Crippen molar-refractivity contribution in [1.29, 1.82) is 0 Å². The number of pyridine rings is 1. The Labute approximate surface area is 369 Å². The van der Waals surface area contributed by atoms with Crippen LogP contribution < -0.4 is 0 Å². The minimum atomic E-state index is -0.115. The molecule has 4 atom stereocenters. The predicted octanol–water partition coefficient (Wildman–Crippen LogP) is 15.5. The minimum Gasteiger partial charge on any atom is -0.261 e. The third-order valence-corrected chi connectivity index (χ3v) is 16.7. The van der Waals surface area contributed by atoms with E-state index in [-0.39, 0.29) is 21.7 Å². The van der Waals surface area contributed by atoms with E-state index in [0.717, 1.165) is 49.9 Å². The Balaban J connectivity index is 0.959. The molecule has 62 heavy (non-hydrogen) atoms. The van der Waals surface area contributed by atoms with E-state index in [1.54, 1.807) is 5.57 Å². The van der Waals surface area contributed by atoms with Gasteiger partial charge in [0.15, 0.2) is 0 Å². The van der Waals surface area contributed by atoms with Crippen molar-refractivity contribution < 1.29 is 0 Å². The first kappa shape index (κ1) is 39.0. The number of hydrogen-bond donors (Lipinski definition) is 0. The van der Waals surface area contributed by atoms with Gasteiger partial charge in [-0.25, -0.2) is 0 Å². The highest BCUT2D eigenvalue weighted by Gasteiger charge is 2.59. The lowest BCUT2D eigenvalue weighted by molar-refractivity contribution is 0.209. The summed E-state index contributed by atoms with van der Waals surface area (Å²) in [5.41, 5.74) is 21.4. The molecule has 0 saturated carbocycles. The van der Waals surface area contributed by atoms with Gasteiger partial charge in [0.1, 0.15) is 0 Å². The van der Waals surface area contributed by atoms with Crippen molar-refractivity contribution in [3.05, 3.63) is 184 Å². The average molecular weight is 807 g/mol. The number of rotatable bonds is 7. The summed E-state index contributed by atoms with van der Waals surface area (Å²) in [4.78, 5) is 10.1. The molecule has 0 fully saturated rings. The highest BCUT2D eigenvalue weighted by molar-refractivity contribution is 5.96. The Kier molecular flexibility index (Phi) is 8.86. The maximum absolute atomic E-state index is 5.11. The molecule has 6 aromatic rings. The van der Waals surface area contributed by atoms with Crippen molar-refractivity contribution in [2.45, 2.75) is 103 Å². The molecular weight excluding hydrogens is 749 g/mol. The second-order valence-electron chi connectivity index (χ2n) is 19.9. The lowest BCUT2D eigenvalue weighted by Gasteiger charge is -2.47. The summed E-state index contributed by atoms with van der Waals surface area (Å²) in [6, 6.07) is 41.5. The fourth-order valence-electron chi connectivity index (χ4n) is 12.7. The van der Waals surface area contributed by atoms with E-state index in [0.29, 0.717) is 5.92 Å². The third-order valence-electron chi connectivity index (χ3n) is 16.7. The lowest BCUT2D eigenvalue weighted by atomic mass is 9.56. The monoisotopic (exact) mass is 806 g/mol. The van der Waals surface area contributed by atoms with Crippen molar-refractivity contribution in [3.8, 4) is 22.4 Å². The molecule has 308 valence electrons. The smallest absolute Gasteiger partial charge is 0.0708 e. The van der Waals surface area contributed by atoms with Gasteiger partial charge in [0.25, 0.3) is 0 Å². The van der Waals surface area contributed by atoms with E-state index < -0.39 is 0 Å². The fourth-order valence-corrected chi connectivity index (χ4v) is 12.7. The number of nitrogens with zero attached hydrogens (tertiary/aromatic N) is 2. The molecule has 0 N–H and O–H groups in total. The average Bonchev–Trinajstić information content (AvgIpc) is 3.67. The van der Waals surface area contributed by atoms with E-state index in [2.05, 4.69) is 188 Å². The van der Waals surface area contributed by atoms with E-state index in [1.807, 2.05) is 6.20 Å². The molecule has 1 aromatic heterocycles. The minimum absolute atomic E-state index is 0.00531. The van der Waals surface area contributed by atoms with Crippen LogP contribution in [0.5, 0.6) is 0 Å². The van der Waals surface area contributed by atoms with Crippen LogP contribution in [0.2, 0.25) is 0 Å². The third kappa shape index (κ3) is 5.61. The molecule has 5 aliphatic rings. The lowest BCUT2D eigenvalue weighted by Crippen LogP contribution is -2.40. The summed E-state index contributed by atoms with van der Waals surface area (Å²) in [6.07, 6.45) is 20.2. The molecule has 2 heterocycles. The first-order valence-electron chi connectivity index (χ1n) is 23.3. The number of fused-ring (bicyclic) bond motifs is 7. The number of allylic oxidation sites excluding steroid dienone is 6. The summed E-state index contributed by atoms with van der Waals surface area (Å²) in [7, 11) is 0. The summed E-state index contributed by atoms with van der Waals surface area (Å²) < 4.78 is 0. The Bertz CT molecular complexity index is 3020. The van der Waals surface area contributed by atoms with Gasteiger partial charge in [-0.2, -0.15) is 0 Å². The maximum Gasteiger partial charge on any atom is 0.0708 e. The first-order chi connectivity index (χ1) is 30.0. The number of benzene rings is 5. The van der Waals surface area contributed by atoms with E-state index in [9.17, 15) is 0 Å². The van der Waals surface area contributed by atoms with Gasteiger partial charge in [0.2, 0.25) is 0 Å². The van der Waals surface area contributed by atoms with Crippen LogP contribution in [0.15, 0.2) is 144 Å². The maximum atomic E-state index is 5.11. The Morgan fingerprint density at radius 2 is 1.45 bits per heavy atom. The second kappa shape index (κ2) is 14.1. The molecule has 2 nitrogen and oxygen atoms in total. The van der Waals surface area contributed by atoms with Gasteiger partial charge in [0.05, 0.1) is 11.4 Å². The summed E-state index contributed by atoms with van der Waals surface area (Å²) in [5.74, 6) is 0.601. The van der Waals surface area contributed by atoms with Gasteiger partial charge in [-0.3, -0.25) is 9.98 Å². The van der Waals surface area contributed by atoms with E-state index in [1.165, 1.54) is 83.1 Å². The van der Waals surface area contributed by atoms with Crippen molar-refractivity contribution in [1.82, 2.24) is 4.98 Å². The van der Waals surface area contributed by atoms with Crippen LogP contribution in [0.1, 0.15) is 125 Å². The highest BCUT2D eigenvalue weighted by atomic mass is 14.8. The van der Waals surface area contributed by atoms with Gasteiger partial charge < -0.3 is 0 Å². The predicted molar refractivity (Wildman–Crippen MR) is 263 cm³/mol. The van der Waals surface area contributed by atoms with Crippen LogP contribution in [-0.4, -0.2) is 11.2 Å². The van der Waals surface area contributed by atoms with Crippen molar-refractivity contribution in [2.75, 3.05) is 0 Å². The summed E-state index contributed by atoms with van der Waals surface area (Å²) in [6.45, 7) is 17.0. The quantitative estimate of drug-likeness (QED) is 0.158. The zero-order chi connectivity index (χ0) is 42.6. The van der Waals surface area contributed by atoms with Crippen molar-refractivity contribution in [3.63, 3.8) is 0 Å². The normalized spacial score (nSPS) is 25.2. The largest absolute Gasteiger partial charge is 0.261 e. The van der Waals surface area contributed by atoms with E-state index >= 15 is 0 Å². The molecule has 1 aliphatic heterocycles. The van der Waals surface area contributed by atoms with Crippen LogP contribution in [0, 0.1) is 11.3 Å². The zero-order valence-corrected chi connectivity index (χ0v) is 37.6. The summed E-state index contributed by atoms with van der Waals surface area (Å²) in [5, 5.41) is 2.52. The zero-order valence-electron chi connectivity index (χ0n) is 37.6. The molecule has 2 heteroatoms. The Morgan fingerprint density at radius 3 is 2.27 bits per heavy atom. The molecule has 4 unspecified atom stereocenters. The van der Waals surface area contributed by atoms with Gasteiger partial charge in [-0.05, 0) is 158 Å². The van der Waals surface area contributed by atoms with Crippen LogP contribution in [0.4, 0.5) is 0 Å². The van der Waals surface area contributed by atoms with Crippen LogP contribution in [0.25, 0.3) is 56.1 Å². The number of hydrogen-bond acceptors (Lipinski definition) is 2. The summed E-state index contributed by atoms with van der Waals surface area (Å²) >= 11 is 0. The van der Waals surface area contributed by atoms with Gasteiger partial charge in [-0.15, -0.1) is 0 Å². The molecule has 0 radical (unpaired) electrons. The molecule has 0 saturated heterocycles. The van der Waals surface area contributed by atoms with Gasteiger partial charge in [0, 0.05) is 45.2 Å². The highest BCUT2D eigenvalue weighted by Crippen LogP contribution is 2.69. The van der Waals surface area contributed by atoms with Crippen molar-refractivity contribution in [2.24, 2.45) is 16.3 Å². The molecular formula is C60H58N2. The van der Waals surface area contributed by atoms with Gasteiger partial charge in [-0.1, -0.05) is 146 Å². The van der Waals surface area contributed by atoms with Crippen LogP contribution in [-0.2, 0) is 22.7 Å². The van der Waals surface area contributed by atoms with E-state index in [4.69, 9.17) is 9.98 Å². The number of aromatic nitrogens is 1. The molecule has 0 spiro atoms. The van der Waals surface area contributed by atoms with Crippen LogP contribution >= 0.6 is 0 Å². The van der Waals surface area contributed by atoms with Crippen LogP contribution in [0.3, 0.4) is 0 Å². The topological polar surface area (TPSA) is 25.2 Å². The molecule has 11 rings (SSSR count). The standard InChI is InChI=1S/C60H58N2/c1-8-58(6)51-32-45(55-34-44(25-27-61-55)42-18-17-39-13-11-12-14-40(39)30-42)20-23-48(51)50-36-59(7)53(35-52(50)58)49-24-21-46(33-54(49)60(59,9-2)10-3)56-37-57(5,26-28-62-56)47-22-19-41-29-38(4)15-16-43(41)31-47/h11-25,27-28,30-35,37-38H,8-10,26,29,36H2,1-7H3. The molecule has 5 aromatic carbocycles. The molecule has 0 bridgehead atoms. The Morgan fingerprint density at radius 1 is 0.694 bits per heavy atom. The van der Waals surface area contributed by atoms with Gasteiger partial charge >= 0.3 is 0 Å². The van der Waals surface area contributed by atoms with Crippen molar-refractivity contribution >= 4 is 39.9 Å². The second-order valence-corrected chi connectivity index (χ2v) is 19.9. The SMILES string of the molecule is CCC1(C)C2=C(CC3(C)C(=C2)c2ccc(C4=CC(C)(c5ccc6c(c5)C=CC(C)C6)CC=N4)cc2C3(CC)CC)c2ccc(-c3cc(-c4ccc5ccccc5c4)ccn3)cc21. The molecule has 4 aliphatic carbocycles.